The van der Waals surface area contributed by atoms with Crippen LogP contribution in [0, 0.1) is 13.8 Å². The van der Waals surface area contributed by atoms with E-state index in [1.807, 2.05) is 31.2 Å². The van der Waals surface area contributed by atoms with E-state index in [-0.39, 0.29) is 11.2 Å². The van der Waals surface area contributed by atoms with Crippen LogP contribution < -0.4 is 5.32 Å². The largest absolute Gasteiger partial charge is 0.325 e. The minimum atomic E-state index is -0.247. The number of thiophene rings is 1. The molecule has 0 radical (unpaired) electrons. The van der Waals surface area contributed by atoms with E-state index in [9.17, 15) is 4.79 Å². The summed E-state index contributed by atoms with van der Waals surface area (Å²) in [6, 6.07) is 7.98. The van der Waals surface area contributed by atoms with Gasteiger partial charge in [0.25, 0.3) is 0 Å². The van der Waals surface area contributed by atoms with Gasteiger partial charge in [-0.1, -0.05) is 30.8 Å². The summed E-state index contributed by atoms with van der Waals surface area (Å²) < 4.78 is 0. The highest BCUT2D eigenvalue weighted by molar-refractivity contribution is 8.00. The lowest BCUT2D eigenvalue weighted by Gasteiger charge is -2.12. The van der Waals surface area contributed by atoms with Gasteiger partial charge in [0.2, 0.25) is 5.91 Å². The summed E-state index contributed by atoms with van der Waals surface area (Å²) in [5.41, 5.74) is 3.28. The van der Waals surface area contributed by atoms with Crippen molar-refractivity contribution in [3.63, 3.8) is 0 Å². The van der Waals surface area contributed by atoms with Crippen molar-refractivity contribution in [2.45, 2.75) is 44.4 Å². The maximum absolute atomic E-state index is 12.5. The molecule has 6 heteroatoms. The van der Waals surface area contributed by atoms with Crippen LogP contribution in [-0.4, -0.2) is 21.1 Å². The second-order valence-corrected chi connectivity index (χ2v) is 8.47. The molecule has 0 fully saturated rings. The molecule has 0 saturated carbocycles. The third-order valence-corrected chi connectivity index (χ3v) is 6.43. The molecule has 1 unspecified atom stereocenters. The monoisotopic (exact) mass is 371 g/mol. The molecule has 130 valence electrons. The van der Waals surface area contributed by atoms with Gasteiger partial charge < -0.3 is 5.32 Å². The summed E-state index contributed by atoms with van der Waals surface area (Å²) in [6.45, 7) is 8.19. The summed E-state index contributed by atoms with van der Waals surface area (Å²) in [4.78, 5) is 23.5. The van der Waals surface area contributed by atoms with E-state index in [0.29, 0.717) is 0 Å². The average Bonchev–Trinajstić information content (AvgIpc) is 2.90. The Kier molecular flexibility index (Phi) is 5.39. The van der Waals surface area contributed by atoms with Crippen molar-refractivity contribution in [3.05, 3.63) is 46.6 Å². The number of benzene rings is 1. The van der Waals surface area contributed by atoms with E-state index in [1.165, 1.54) is 27.8 Å². The van der Waals surface area contributed by atoms with Crippen molar-refractivity contribution in [1.29, 1.82) is 0 Å². The van der Waals surface area contributed by atoms with Crippen LogP contribution in [0.1, 0.15) is 29.9 Å². The van der Waals surface area contributed by atoms with E-state index in [1.54, 1.807) is 17.7 Å². The van der Waals surface area contributed by atoms with Crippen molar-refractivity contribution in [2.75, 3.05) is 5.32 Å². The molecule has 1 atom stereocenters. The first-order chi connectivity index (χ1) is 12.0. The number of rotatable bonds is 5. The van der Waals surface area contributed by atoms with E-state index in [0.717, 1.165) is 27.4 Å². The molecule has 2 aromatic heterocycles. The number of nitrogens with one attached hydrogen (secondary N) is 1. The molecule has 0 bridgehead atoms. The summed E-state index contributed by atoms with van der Waals surface area (Å²) in [5, 5.41) is 4.68. The first kappa shape index (κ1) is 17.9. The van der Waals surface area contributed by atoms with Crippen molar-refractivity contribution >= 4 is 44.9 Å². The van der Waals surface area contributed by atoms with Gasteiger partial charge in [-0.15, -0.1) is 11.3 Å². The van der Waals surface area contributed by atoms with Gasteiger partial charge in [-0.05, 0) is 50.5 Å². The number of anilines is 1. The van der Waals surface area contributed by atoms with Crippen molar-refractivity contribution in [1.82, 2.24) is 9.97 Å². The molecule has 2 heterocycles. The topological polar surface area (TPSA) is 54.9 Å². The SMILES string of the molecule is CCc1ccc(NC(=O)C(C)Sc2ncnc3sc(C)c(C)c23)cc1. The number of nitrogens with zero attached hydrogens (tertiary/aromatic N) is 2. The van der Waals surface area contributed by atoms with Gasteiger partial charge in [-0.25, -0.2) is 9.97 Å². The molecular formula is C19H21N3OS2. The van der Waals surface area contributed by atoms with Gasteiger partial charge in [0.1, 0.15) is 16.2 Å². The van der Waals surface area contributed by atoms with Crippen LogP contribution >= 0.6 is 23.1 Å². The fraction of sp³-hybridized carbons (Fsp3) is 0.316. The molecule has 0 aliphatic carbocycles. The Bertz CT molecular complexity index is 903. The number of fused-ring (bicyclic) bond motifs is 1. The molecule has 25 heavy (non-hydrogen) atoms. The Labute approximate surface area is 156 Å². The van der Waals surface area contributed by atoms with Gasteiger partial charge in [-0.3, -0.25) is 4.79 Å². The maximum Gasteiger partial charge on any atom is 0.237 e. The lowest BCUT2D eigenvalue weighted by atomic mass is 10.1. The van der Waals surface area contributed by atoms with Crippen molar-refractivity contribution in [2.24, 2.45) is 0 Å². The first-order valence-electron chi connectivity index (χ1n) is 8.26. The Balaban J connectivity index is 1.75. The molecule has 0 saturated heterocycles. The third kappa shape index (κ3) is 3.85. The minimum absolute atomic E-state index is 0.0226. The first-order valence-corrected chi connectivity index (χ1v) is 9.96. The van der Waals surface area contributed by atoms with Gasteiger partial charge in [0.05, 0.1) is 5.25 Å². The summed E-state index contributed by atoms with van der Waals surface area (Å²) in [6.07, 6.45) is 2.57. The number of thioether (sulfide) groups is 1. The van der Waals surface area contributed by atoms with E-state index in [4.69, 9.17) is 0 Å². The molecule has 3 aromatic rings. The van der Waals surface area contributed by atoms with Crippen molar-refractivity contribution < 1.29 is 4.79 Å². The minimum Gasteiger partial charge on any atom is -0.325 e. The zero-order valence-electron chi connectivity index (χ0n) is 14.8. The van der Waals surface area contributed by atoms with Gasteiger partial charge in [-0.2, -0.15) is 0 Å². The number of hydrogen-bond donors (Lipinski definition) is 1. The lowest BCUT2D eigenvalue weighted by molar-refractivity contribution is -0.115. The predicted molar refractivity (Wildman–Crippen MR) is 107 cm³/mol. The normalized spacial score (nSPS) is 12.3. The summed E-state index contributed by atoms with van der Waals surface area (Å²) in [7, 11) is 0. The zero-order valence-corrected chi connectivity index (χ0v) is 16.4. The third-order valence-electron chi connectivity index (χ3n) is 4.22. The van der Waals surface area contributed by atoms with Crippen LogP contribution in [0.2, 0.25) is 0 Å². The van der Waals surface area contributed by atoms with E-state index >= 15 is 0 Å². The van der Waals surface area contributed by atoms with Gasteiger partial charge in [0, 0.05) is 16.0 Å². The number of amides is 1. The Morgan fingerprint density at radius 2 is 1.96 bits per heavy atom. The quantitative estimate of drug-likeness (QED) is 0.507. The smallest absolute Gasteiger partial charge is 0.237 e. The molecule has 4 nitrogen and oxygen atoms in total. The zero-order chi connectivity index (χ0) is 18.0. The average molecular weight is 372 g/mol. The molecular weight excluding hydrogens is 350 g/mol. The molecule has 0 aliphatic heterocycles. The maximum atomic E-state index is 12.5. The fourth-order valence-electron chi connectivity index (χ4n) is 2.53. The van der Waals surface area contributed by atoms with Gasteiger partial charge in [0.15, 0.2) is 0 Å². The van der Waals surface area contributed by atoms with E-state index in [2.05, 4.69) is 36.1 Å². The number of hydrogen-bond acceptors (Lipinski definition) is 5. The molecule has 3 rings (SSSR count). The summed E-state index contributed by atoms with van der Waals surface area (Å²) >= 11 is 3.15. The highest BCUT2D eigenvalue weighted by Crippen LogP contribution is 2.36. The Morgan fingerprint density at radius 3 is 2.64 bits per heavy atom. The van der Waals surface area contributed by atoms with Crippen LogP contribution in [0.25, 0.3) is 10.2 Å². The van der Waals surface area contributed by atoms with Crippen LogP contribution in [0.3, 0.4) is 0 Å². The van der Waals surface area contributed by atoms with Crippen LogP contribution in [0.5, 0.6) is 0 Å². The highest BCUT2D eigenvalue weighted by atomic mass is 32.2. The number of aryl methyl sites for hydroxylation is 3. The molecule has 0 spiro atoms. The highest BCUT2D eigenvalue weighted by Gasteiger charge is 2.19. The van der Waals surface area contributed by atoms with Crippen LogP contribution in [0.4, 0.5) is 5.69 Å². The standard InChI is InChI=1S/C19H21N3OS2/c1-5-14-6-8-15(9-7-14)22-17(23)13(4)25-19-16-11(2)12(3)24-18(16)20-10-21-19/h6-10,13H,5H2,1-4H3,(H,22,23). The Hall–Kier alpha value is -1.92. The predicted octanol–water partition coefficient (Wildman–Crippen LogP) is 4.99. The second-order valence-electron chi connectivity index (χ2n) is 5.94. The van der Waals surface area contributed by atoms with E-state index < -0.39 is 0 Å². The molecule has 0 aliphatic rings. The Morgan fingerprint density at radius 1 is 1.24 bits per heavy atom. The fourth-order valence-corrected chi connectivity index (χ4v) is 4.57. The molecule has 1 N–H and O–H groups in total. The summed E-state index contributed by atoms with van der Waals surface area (Å²) in [5.74, 6) is -0.0226. The number of carbonyl (C=O) groups is 1. The lowest BCUT2D eigenvalue weighted by Crippen LogP contribution is -2.22. The van der Waals surface area contributed by atoms with Crippen LogP contribution in [0.15, 0.2) is 35.6 Å². The van der Waals surface area contributed by atoms with Crippen molar-refractivity contribution in [3.8, 4) is 0 Å². The number of carbonyl (C=O) groups excluding carboxylic acids is 1. The van der Waals surface area contributed by atoms with Gasteiger partial charge >= 0.3 is 0 Å². The number of aromatic nitrogens is 2. The second kappa shape index (κ2) is 7.54. The molecule has 1 amide bonds. The van der Waals surface area contributed by atoms with Crippen LogP contribution in [-0.2, 0) is 11.2 Å². The molecule has 1 aromatic carbocycles.